The molecule has 0 atom stereocenters. The van der Waals surface area contributed by atoms with Crippen molar-refractivity contribution in [1.82, 2.24) is 25.2 Å². The van der Waals surface area contributed by atoms with E-state index < -0.39 is 0 Å². The molecular weight excluding hydrogens is 346 g/mol. The van der Waals surface area contributed by atoms with Gasteiger partial charge in [0.15, 0.2) is 0 Å². The third-order valence-corrected chi connectivity index (χ3v) is 4.65. The Balaban J connectivity index is 1.23. The minimum absolute atomic E-state index is 0.115. The number of aromatic nitrogens is 3. The van der Waals surface area contributed by atoms with Crippen LogP contribution in [0.2, 0.25) is 0 Å². The topological polar surface area (TPSA) is 85.4 Å². The average molecular weight is 369 g/mol. The number of fused-ring (bicyclic) bond motifs is 1. The molecule has 1 aromatic carbocycles. The van der Waals surface area contributed by atoms with Gasteiger partial charge in [-0.25, -0.2) is 4.68 Å². The van der Waals surface area contributed by atoms with Gasteiger partial charge in [0.2, 0.25) is 0 Å². The molecule has 0 spiro atoms. The Bertz CT molecular complexity index is 898. The van der Waals surface area contributed by atoms with Crippen molar-refractivity contribution in [2.45, 2.75) is 19.5 Å². The minimum Gasteiger partial charge on any atom is -0.467 e. The third-order valence-electron chi connectivity index (χ3n) is 4.65. The highest BCUT2D eigenvalue weighted by molar-refractivity contribution is 5.93. The summed E-state index contributed by atoms with van der Waals surface area (Å²) in [6, 6.07) is 9.66. The number of para-hydroxylation sites is 1. The van der Waals surface area contributed by atoms with Crippen LogP contribution in [0, 0.1) is 0 Å². The molecule has 27 heavy (non-hydrogen) atoms. The van der Waals surface area contributed by atoms with Gasteiger partial charge in [0, 0.05) is 26.2 Å². The van der Waals surface area contributed by atoms with Crippen LogP contribution >= 0.6 is 0 Å². The van der Waals surface area contributed by atoms with Crippen LogP contribution in [-0.4, -0.2) is 58.6 Å². The number of ether oxygens (including phenoxy) is 1. The molecule has 1 amide bonds. The molecule has 0 bridgehead atoms. The molecule has 0 aliphatic carbocycles. The number of nitrogens with zero attached hydrogens (tertiary/aromatic N) is 4. The molecule has 2 aromatic heterocycles. The lowest BCUT2D eigenvalue weighted by molar-refractivity contribution is 0.0313. The largest absolute Gasteiger partial charge is 0.467 e. The van der Waals surface area contributed by atoms with E-state index in [0.29, 0.717) is 25.2 Å². The van der Waals surface area contributed by atoms with Crippen molar-refractivity contribution in [3.8, 4) is 0 Å². The minimum atomic E-state index is -0.115. The second-order valence-corrected chi connectivity index (χ2v) is 6.60. The van der Waals surface area contributed by atoms with Crippen molar-refractivity contribution in [2.75, 3.05) is 32.8 Å². The van der Waals surface area contributed by atoms with Crippen LogP contribution in [0.25, 0.3) is 11.0 Å². The van der Waals surface area contributed by atoms with E-state index in [0.717, 1.165) is 49.5 Å². The number of hydrogen-bond donors (Lipinski definition) is 1. The number of aryl methyl sites for hydroxylation is 1. The van der Waals surface area contributed by atoms with Crippen LogP contribution in [-0.2, 0) is 17.8 Å². The SMILES string of the molecule is O=C(NCCCn1nnc2ccccc21)c1coc(CN2CCOCC2)c1. The maximum Gasteiger partial charge on any atom is 0.254 e. The standard InChI is InChI=1S/C19H23N5O3/c25-19(15-12-16(27-14-15)13-23-8-10-26-11-9-23)20-6-3-7-24-18-5-2-1-4-17(18)21-22-24/h1-2,4-5,12,14H,3,6-11,13H2,(H,20,25). The molecule has 1 N–H and O–H groups in total. The molecule has 142 valence electrons. The van der Waals surface area contributed by atoms with Gasteiger partial charge in [-0.15, -0.1) is 5.10 Å². The van der Waals surface area contributed by atoms with Crippen molar-refractivity contribution in [3.63, 3.8) is 0 Å². The predicted molar refractivity (Wildman–Crippen MR) is 99.3 cm³/mol. The van der Waals surface area contributed by atoms with Crippen molar-refractivity contribution in [1.29, 1.82) is 0 Å². The monoisotopic (exact) mass is 369 g/mol. The molecular formula is C19H23N5O3. The second-order valence-electron chi connectivity index (χ2n) is 6.60. The second kappa shape index (κ2) is 8.32. The van der Waals surface area contributed by atoms with E-state index in [1.807, 2.05) is 35.0 Å². The Hall–Kier alpha value is -2.71. The lowest BCUT2D eigenvalue weighted by Crippen LogP contribution is -2.35. The van der Waals surface area contributed by atoms with Crippen molar-refractivity contribution in [3.05, 3.63) is 47.9 Å². The normalized spacial score (nSPS) is 15.3. The number of nitrogens with one attached hydrogen (secondary N) is 1. The van der Waals surface area contributed by atoms with Crippen molar-refractivity contribution >= 4 is 16.9 Å². The summed E-state index contributed by atoms with van der Waals surface area (Å²) in [7, 11) is 0. The average Bonchev–Trinajstić information content (AvgIpc) is 3.33. The molecule has 3 heterocycles. The Kier molecular flexibility index (Phi) is 5.45. The molecule has 8 nitrogen and oxygen atoms in total. The van der Waals surface area contributed by atoms with Gasteiger partial charge in [0.1, 0.15) is 17.5 Å². The number of amides is 1. The molecule has 1 saturated heterocycles. The van der Waals surface area contributed by atoms with Crippen LogP contribution in [0.1, 0.15) is 22.5 Å². The van der Waals surface area contributed by atoms with Gasteiger partial charge in [-0.3, -0.25) is 9.69 Å². The fourth-order valence-electron chi connectivity index (χ4n) is 3.18. The number of carbonyl (C=O) groups is 1. The Labute approximate surface area is 157 Å². The summed E-state index contributed by atoms with van der Waals surface area (Å²) < 4.78 is 12.7. The Morgan fingerprint density at radius 1 is 1.22 bits per heavy atom. The van der Waals surface area contributed by atoms with E-state index in [1.165, 1.54) is 6.26 Å². The quantitative estimate of drug-likeness (QED) is 0.638. The highest BCUT2D eigenvalue weighted by Gasteiger charge is 2.15. The number of carbonyl (C=O) groups excluding carboxylic acids is 1. The number of rotatable bonds is 7. The van der Waals surface area contributed by atoms with E-state index in [9.17, 15) is 4.79 Å². The zero-order valence-electron chi connectivity index (χ0n) is 15.1. The molecule has 3 aromatic rings. The summed E-state index contributed by atoms with van der Waals surface area (Å²) in [6.45, 7) is 5.24. The summed E-state index contributed by atoms with van der Waals surface area (Å²) in [6.07, 6.45) is 2.30. The molecule has 1 aliphatic rings. The maximum absolute atomic E-state index is 12.3. The molecule has 1 fully saturated rings. The summed E-state index contributed by atoms with van der Waals surface area (Å²) in [5.74, 6) is 0.687. The maximum atomic E-state index is 12.3. The summed E-state index contributed by atoms with van der Waals surface area (Å²) in [4.78, 5) is 14.5. The number of hydrogen-bond acceptors (Lipinski definition) is 6. The number of furan rings is 1. The van der Waals surface area contributed by atoms with E-state index in [2.05, 4.69) is 20.5 Å². The van der Waals surface area contributed by atoms with Gasteiger partial charge < -0.3 is 14.5 Å². The van der Waals surface area contributed by atoms with E-state index >= 15 is 0 Å². The molecule has 4 rings (SSSR count). The molecule has 1 aliphatic heterocycles. The smallest absolute Gasteiger partial charge is 0.254 e. The number of morpholine rings is 1. The van der Waals surface area contributed by atoms with Crippen LogP contribution in [0.15, 0.2) is 41.0 Å². The lowest BCUT2D eigenvalue weighted by atomic mass is 10.2. The molecule has 0 unspecified atom stereocenters. The first-order valence-corrected chi connectivity index (χ1v) is 9.23. The van der Waals surface area contributed by atoms with Crippen molar-refractivity contribution in [2.24, 2.45) is 0 Å². The van der Waals surface area contributed by atoms with Gasteiger partial charge in [0.05, 0.1) is 30.8 Å². The van der Waals surface area contributed by atoms with Gasteiger partial charge in [-0.2, -0.15) is 0 Å². The molecule has 0 saturated carbocycles. The first kappa shape index (κ1) is 17.7. The highest BCUT2D eigenvalue weighted by atomic mass is 16.5. The van der Waals surface area contributed by atoms with Crippen molar-refractivity contribution < 1.29 is 13.9 Å². The first-order valence-electron chi connectivity index (χ1n) is 9.23. The predicted octanol–water partition coefficient (Wildman–Crippen LogP) is 1.68. The van der Waals surface area contributed by atoms with Gasteiger partial charge in [-0.1, -0.05) is 17.3 Å². The van der Waals surface area contributed by atoms with Crippen LogP contribution < -0.4 is 5.32 Å². The zero-order chi connectivity index (χ0) is 18.5. The van der Waals surface area contributed by atoms with Crippen LogP contribution in [0.5, 0.6) is 0 Å². The fraction of sp³-hybridized carbons (Fsp3) is 0.421. The zero-order valence-corrected chi connectivity index (χ0v) is 15.1. The molecule has 0 radical (unpaired) electrons. The number of benzene rings is 1. The van der Waals surface area contributed by atoms with Gasteiger partial charge in [-0.05, 0) is 24.6 Å². The van der Waals surface area contributed by atoms with E-state index in [-0.39, 0.29) is 5.91 Å². The summed E-state index contributed by atoms with van der Waals surface area (Å²) in [5, 5.41) is 11.2. The fourth-order valence-corrected chi connectivity index (χ4v) is 3.18. The van der Waals surface area contributed by atoms with Crippen LogP contribution in [0.4, 0.5) is 0 Å². The summed E-state index contributed by atoms with van der Waals surface area (Å²) >= 11 is 0. The highest BCUT2D eigenvalue weighted by Crippen LogP contribution is 2.12. The summed E-state index contributed by atoms with van der Waals surface area (Å²) in [5.41, 5.74) is 2.45. The van der Waals surface area contributed by atoms with Gasteiger partial charge >= 0.3 is 0 Å². The Morgan fingerprint density at radius 2 is 2.07 bits per heavy atom. The lowest BCUT2D eigenvalue weighted by Gasteiger charge is -2.25. The van der Waals surface area contributed by atoms with Crippen LogP contribution in [0.3, 0.4) is 0 Å². The van der Waals surface area contributed by atoms with Gasteiger partial charge in [0.25, 0.3) is 5.91 Å². The van der Waals surface area contributed by atoms with E-state index in [1.54, 1.807) is 0 Å². The van der Waals surface area contributed by atoms with E-state index in [4.69, 9.17) is 9.15 Å². The third kappa shape index (κ3) is 4.35. The first-order chi connectivity index (χ1) is 13.3. The molecule has 8 heteroatoms. The Morgan fingerprint density at radius 3 is 2.96 bits per heavy atom.